The number of halogens is 1. The summed E-state index contributed by atoms with van der Waals surface area (Å²) in [4.78, 5) is 9.69. The fourth-order valence-corrected chi connectivity index (χ4v) is 0.167. The van der Waals surface area contributed by atoms with Gasteiger partial charge in [-0.25, -0.2) is 0 Å². The van der Waals surface area contributed by atoms with Gasteiger partial charge in [0.05, 0.1) is 11.3 Å². The van der Waals surface area contributed by atoms with Crippen LogP contribution in [0.5, 0.6) is 0 Å². The molecule has 4 heteroatoms. The van der Waals surface area contributed by atoms with Gasteiger partial charge in [-0.2, -0.15) is 0 Å². The van der Waals surface area contributed by atoms with Crippen LogP contribution in [0.15, 0.2) is 0 Å². The molecule has 0 aliphatic carbocycles. The average molecular weight is 161 g/mol. The zero-order valence-corrected chi connectivity index (χ0v) is 8.86. The Morgan fingerprint density at radius 1 is 1.88 bits per heavy atom. The van der Waals surface area contributed by atoms with Crippen molar-refractivity contribution in [3.8, 4) is 0 Å². The Morgan fingerprint density at radius 2 is 2.25 bits per heavy atom. The minimum absolute atomic E-state index is 0. The number of hydrogen-bond acceptors (Lipinski definition) is 2. The van der Waals surface area contributed by atoms with Gasteiger partial charge in [0.15, 0.2) is 0 Å². The Bertz CT molecular complexity index is 76.4. The number of carbonyl (C=O) groups excluding carboxylic acids is 1. The molecule has 0 aliphatic heterocycles. The first-order valence-corrected chi connectivity index (χ1v) is 2.47. The van der Waals surface area contributed by atoms with E-state index < -0.39 is 11.3 Å². The van der Waals surface area contributed by atoms with E-state index in [-0.39, 0.29) is 51.4 Å². The second kappa shape index (κ2) is 6.52. The van der Waals surface area contributed by atoms with E-state index in [0.717, 1.165) is 0 Å². The summed E-state index contributed by atoms with van der Waals surface area (Å²) in [5.41, 5.74) is 0. The van der Waals surface area contributed by atoms with E-state index in [9.17, 15) is 9.90 Å². The van der Waals surface area contributed by atoms with Crippen molar-refractivity contribution in [1.82, 2.24) is 0 Å². The van der Waals surface area contributed by atoms with Gasteiger partial charge >= 0.3 is 51.4 Å². The largest absolute Gasteiger partial charge is 1.00 e. The molecule has 8 heavy (non-hydrogen) atoms. The fourth-order valence-electron chi connectivity index (χ4n) is 0.167. The maximum atomic E-state index is 9.69. The quantitative estimate of drug-likeness (QED) is 0.315. The first kappa shape index (κ1) is 12.1. The Balaban J connectivity index is 0. The van der Waals surface area contributed by atoms with Gasteiger partial charge in [-0.05, 0) is 6.42 Å². The standard InChI is InChI=1S/C4H7ClO2.K/c1-2-3(5)4(6)7;/h3H,2H2,1H3,(H,6,7);/q;+1/p-1/t3-;/m1./s1. The summed E-state index contributed by atoms with van der Waals surface area (Å²) in [5.74, 6) is -1.19. The molecule has 0 aliphatic rings. The summed E-state index contributed by atoms with van der Waals surface area (Å²) >= 11 is 5.14. The summed E-state index contributed by atoms with van der Waals surface area (Å²) in [6.45, 7) is 1.69. The van der Waals surface area contributed by atoms with Crippen molar-refractivity contribution in [1.29, 1.82) is 0 Å². The van der Waals surface area contributed by atoms with Gasteiger partial charge in [0.25, 0.3) is 0 Å². The molecule has 0 spiro atoms. The summed E-state index contributed by atoms with van der Waals surface area (Å²) < 4.78 is 0. The first-order valence-electron chi connectivity index (χ1n) is 2.03. The average Bonchev–Trinajstić information content (AvgIpc) is 1.65. The monoisotopic (exact) mass is 160 g/mol. The van der Waals surface area contributed by atoms with Crippen LogP contribution in [0.25, 0.3) is 0 Å². The molecule has 0 heterocycles. The Labute approximate surface area is 96.0 Å². The van der Waals surface area contributed by atoms with Crippen LogP contribution in [0, 0.1) is 0 Å². The molecule has 0 aromatic rings. The molecular weight excluding hydrogens is 155 g/mol. The maximum absolute atomic E-state index is 9.69. The summed E-state index contributed by atoms with van der Waals surface area (Å²) in [7, 11) is 0. The van der Waals surface area contributed by atoms with E-state index >= 15 is 0 Å². The van der Waals surface area contributed by atoms with Crippen molar-refractivity contribution in [2.45, 2.75) is 18.7 Å². The molecule has 0 amide bonds. The van der Waals surface area contributed by atoms with Crippen molar-refractivity contribution < 1.29 is 61.3 Å². The molecule has 0 aromatic carbocycles. The third-order valence-electron chi connectivity index (χ3n) is 0.614. The number of carboxylic acid groups (broad SMARTS) is 1. The van der Waals surface area contributed by atoms with Crippen LogP contribution in [0.1, 0.15) is 13.3 Å². The van der Waals surface area contributed by atoms with Gasteiger partial charge in [0, 0.05) is 0 Å². The van der Waals surface area contributed by atoms with Crippen LogP contribution in [-0.4, -0.2) is 11.3 Å². The molecule has 0 saturated heterocycles. The van der Waals surface area contributed by atoms with Gasteiger partial charge in [-0.3, -0.25) is 0 Å². The number of carbonyl (C=O) groups is 1. The predicted molar refractivity (Wildman–Crippen MR) is 24.9 cm³/mol. The Morgan fingerprint density at radius 3 is 2.25 bits per heavy atom. The smallest absolute Gasteiger partial charge is 0.549 e. The summed E-state index contributed by atoms with van der Waals surface area (Å²) in [5, 5.41) is 8.87. The summed E-state index contributed by atoms with van der Waals surface area (Å²) in [6, 6.07) is 0. The predicted octanol–water partition coefficient (Wildman–Crippen LogP) is -3.24. The third kappa shape index (κ3) is 5.53. The van der Waals surface area contributed by atoms with E-state index in [1.165, 1.54) is 0 Å². The summed E-state index contributed by atoms with van der Waals surface area (Å²) in [6.07, 6.45) is 0.421. The van der Waals surface area contributed by atoms with E-state index in [2.05, 4.69) is 0 Å². The molecule has 1 atom stereocenters. The second-order valence-electron chi connectivity index (χ2n) is 1.19. The Hall–Kier alpha value is 1.40. The normalized spacial score (nSPS) is 11.8. The van der Waals surface area contributed by atoms with E-state index in [1.807, 2.05) is 0 Å². The molecule has 0 radical (unpaired) electrons. The van der Waals surface area contributed by atoms with Crippen LogP contribution in [0.2, 0.25) is 0 Å². The molecule has 0 fully saturated rings. The maximum Gasteiger partial charge on any atom is 1.00 e. The van der Waals surface area contributed by atoms with Crippen LogP contribution < -0.4 is 56.5 Å². The van der Waals surface area contributed by atoms with E-state index in [0.29, 0.717) is 6.42 Å². The van der Waals surface area contributed by atoms with Gasteiger partial charge in [0.1, 0.15) is 0 Å². The minimum Gasteiger partial charge on any atom is -0.549 e. The van der Waals surface area contributed by atoms with Crippen molar-refractivity contribution >= 4 is 17.6 Å². The molecule has 0 bridgehead atoms. The van der Waals surface area contributed by atoms with Crippen molar-refractivity contribution in [3.05, 3.63) is 0 Å². The van der Waals surface area contributed by atoms with Crippen LogP contribution >= 0.6 is 11.6 Å². The number of carboxylic acids is 1. The molecule has 42 valence electrons. The van der Waals surface area contributed by atoms with Crippen molar-refractivity contribution in [3.63, 3.8) is 0 Å². The van der Waals surface area contributed by atoms with Gasteiger partial charge in [-0.1, -0.05) is 6.92 Å². The molecule has 0 unspecified atom stereocenters. The van der Waals surface area contributed by atoms with E-state index in [1.54, 1.807) is 6.92 Å². The van der Waals surface area contributed by atoms with Crippen LogP contribution in [-0.2, 0) is 4.79 Å². The zero-order valence-electron chi connectivity index (χ0n) is 4.98. The van der Waals surface area contributed by atoms with Crippen LogP contribution in [0.4, 0.5) is 0 Å². The molecule has 0 N–H and O–H groups in total. The van der Waals surface area contributed by atoms with E-state index in [4.69, 9.17) is 11.6 Å². The van der Waals surface area contributed by atoms with Gasteiger partial charge in [-0.15, -0.1) is 11.6 Å². The number of rotatable bonds is 2. The minimum atomic E-state index is -1.19. The second-order valence-corrected chi connectivity index (χ2v) is 1.72. The third-order valence-corrected chi connectivity index (χ3v) is 1.10. The number of hydrogen-bond donors (Lipinski definition) is 0. The molecule has 0 rings (SSSR count). The molecule has 0 saturated carbocycles. The van der Waals surface area contributed by atoms with Gasteiger partial charge < -0.3 is 9.90 Å². The Kier molecular flexibility index (Phi) is 9.86. The van der Waals surface area contributed by atoms with Gasteiger partial charge in [0.2, 0.25) is 0 Å². The fraction of sp³-hybridized carbons (Fsp3) is 0.750. The first-order chi connectivity index (χ1) is 3.18. The topological polar surface area (TPSA) is 40.1 Å². The van der Waals surface area contributed by atoms with Crippen molar-refractivity contribution in [2.75, 3.05) is 0 Å². The molecular formula is C4H6ClKO2. The number of alkyl halides is 1. The number of aliphatic carboxylic acids is 1. The molecule has 0 aromatic heterocycles. The SMILES string of the molecule is CC[C@@H](Cl)C(=O)[O-].[K+]. The molecule has 2 nitrogen and oxygen atoms in total. The van der Waals surface area contributed by atoms with Crippen molar-refractivity contribution in [2.24, 2.45) is 0 Å². The van der Waals surface area contributed by atoms with Crippen LogP contribution in [0.3, 0.4) is 0 Å². The zero-order chi connectivity index (χ0) is 5.86.